The van der Waals surface area contributed by atoms with Gasteiger partial charge in [-0.2, -0.15) is 0 Å². The molecule has 2 aromatic rings. The molecule has 3 heterocycles. The number of nitrogens with zero attached hydrogens (tertiary/aromatic N) is 4. The molecule has 3 amide bonds. The summed E-state index contributed by atoms with van der Waals surface area (Å²) in [6.07, 6.45) is 6.32. The van der Waals surface area contributed by atoms with Crippen LogP contribution in [0.5, 0.6) is 0 Å². The normalized spacial score (nSPS) is 20.8. The maximum Gasteiger partial charge on any atom is 0.270 e. The SMILES string of the molecule is Cc1cccc(C(=O)NC(C(=O)N2CCC3(CC2)C(=O)N(C)CN3c2ccccc2)C2CCCCC2)n1. The lowest BCUT2D eigenvalue weighted by atomic mass is 9.81. The van der Waals surface area contributed by atoms with Gasteiger partial charge in [-0.1, -0.05) is 43.5 Å². The van der Waals surface area contributed by atoms with Crippen molar-refractivity contribution in [1.29, 1.82) is 0 Å². The minimum Gasteiger partial charge on any atom is -0.341 e. The molecule has 1 aromatic carbocycles. The van der Waals surface area contributed by atoms with Crippen LogP contribution in [0, 0.1) is 12.8 Å². The average Bonchev–Trinajstić information content (AvgIpc) is 3.17. The summed E-state index contributed by atoms with van der Waals surface area (Å²) < 4.78 is 0. The van der Waals surface area contributed by atoms with Crippen LogP contribution in [0.25, 0.3) is 0 Å². The van der Waals surface area contributed by atoms with Crippen LogP contribution in [0.3, 0.4) is 0 Å². The number of rotatable bonds is 5. The molecule has 1 aliphatic carbocycles. The molecule has 196 valence electrons. The highest BCUT2D eigenvalue weighted by atomic mass is 16.2. The second-order valence-corrected chi connectivity index (χ2v) is 10.8. The molecule has 1 saturated carbocycles. The molecule has 3 aliphatic rings. The first-order valence-electron chi connectivity index (χ1n) is 13.5. The van der Waals surface area contributed by atoms with E-state index < -0.39 is 11.6 Å². The maximum absolute atomic E-state index is 13.9. The van der Waals surface area contributed by atoms with Gasteiger partial charge in [0.1, 0.15) is 17.3 Å². The Kier molecular flexibility index (Phi) is 7.17. The second-order valence-electron chi connectivity index (χ2n) is 10.8. The van der Waals surface area contributed by atoms with Crippen LogP contribution in [0.2, 0.25) is 0 Å². The summed E-state index contributed by atoms with van der Waals surface area (Å²) in [7, 11) is 1.85. The third-order valence-corrected chi connectivity index (χ3v) is 8.38. The number of aromatic nitrogens is 1. The minimum atomic E-state index is -0.637. The van der Waals surface area contributed by atoms with E-state index in [4.69, 9.17) is 0 Å². The number of anilines is 1. The van der Waals surface area contributed by atoms with Crippen molar-refractivity contribution in [3.63, 3.8) is 0 Å². The number of hydrogen-bond donors (Lipinski definition) is 1. The number of carbonyl (C=O) groups is 3. The number of nitrogens with one attached hydrogen (secondary N) is 1. The van der Waals surface area contributed by atoms with E-state index in [1.807, 2.05) is 61.3 Å². The molecule has 8 nitrogen and oxygen atoms in total. The Hall–Kier alpha value is -3.42. The average molecular weight is 504 g/mol. The molecule has 1 atom stereocenters. The first kappa shape index (κ1) is 25.2. The molecular formula is C29H37N5O3. The van der Waals surface area contributed by atoms with E-state index in [-0.39, 0.29) is 23.6 Å². The number of benzene rings is 1. The second kappa shape index (κ2) is 10.5. The molecule has 2 saturated heterocycles. The number of piperidine rings is 1. The zero-order valence-electron chi connectivity index (χ0n) is 21.9. The Morgan fingerprint density at radius 1 is 1.00 bits per heavy atom. The summed E-state index contributed by atoms with van der Waals surface area (Å²) in [5.41, 5.74) is 1.49. The van der Waals surface area contributed by atoms with Crippen molar-refractivity contribution in [1.82, 2.24) is 20.1 Å². The summed E-state index contributed by atoms with van der Waals surface area (Å²) >= 11 is 0. The number of carbonyl (C=O) groups excluding carboxylic acids is 3. The van der Waals surface area contributed by atoms with Crippen molar-refractivity contribution in [2.45, 2.75) is 63.5 Å². The zero-order valence-corrected chi connectivity index (χ0v) is 21.9. The van der Waals surface area contributed by atoms with Crippen LogP contribution in [-0.4, -0.2) is 70.9 Å². The number of amides is 3. The number of likely N-dealkylation sites (N-methyl/N-ethyl adjacent to an activating group) is 1. The highest BCUT2D eigenvalue weighted by molar-refractivity contribution is 5.97. The monoisotopic (exact) mass is 503 g/mol. The van der Waals surface area contributed by atoms with E-state index in [2.05, 4.69) is 15.2 Å². The van der Waals surface area contributed by atoms with Crippen molar-refractivity contribution < 1.29 is 14.4 Å². The van der Waals surface area contributed by atoms with Gasteiger partial charge in [0.25, 0.3) is 5.91 Å². The summed E-state index contributed by atoms with van der Waals surface area (Å²) in [6, 6.07) is 14.8. The quantitative estimate of drug-likeness (QED) is 0.676. The van der Waals surface area contributed by atoms with Gasteiger partial charge in [-0.3, -0.25) is 14.4 Å². The summed E-state index contributed by atoms with van der Waals surface area (Å²) in [5, 5.41) is 3.06. The van der Waals surface area contributed by atoms with E-state index in [0.717, 1.165) is 37.1 Å². The van der Waals surface area contributed by atoms with Crippen LogP contribution >= 0.6 is 0 Å². The number of aryl methyl sites for hydroxylation is 1. The summed E-state index contributed by atoms with van der Waals surface area (Å²) in [5.74, 6) is -0.103. The zero-order chi connectivity index (χ0) is 26.0. The predicted molar refractivity (Wildman–Crippen MR) is 142 cm³/mol. The fourth-order valence-corrected chi connectivity index (χ4v) is 6.33. The lowest BCUT2D eigenvalue weighted by Gasteiger charge is -2.44. The van der Waals surface area contributed by atoms with Gasteiger partial charge >= 0.3 is 0 Å². The van der Waals surface area contributed by atoms with Crippen molar-refractivity contribution >= 4 is 23.4 Å². The van der Waals surface area contributed by atoms with Crippen LogP contribution in [-0.2, 0) is 9.59 Å². The number of pyridine rings is 1. The van der Waals surface area contributed by atoms with E-state index in [9.17, 15) is 14.4 Å². The largest absolute Gasteiger partial charge is 0.341 e. The van der Waals surface area contributed by atoms with Gasteiger partial charge in [0, 0.05) is 31.5 Å². The Morgan fingerprint density at radius 3 is 2.38 bits per heavy atom. The first-order valence-corrected chi connectivity index (χ1v) is 13.5. The van der Waals surface area contributed by atoms with E-state index in [0.29, 0.717) is 38.3 Å². The van der Waals surface area contributed by atoms with Gasteiger partial charge < -0.3 is 20.0 Å². The topological polar surface area (TPSA) is 85.8 Å². The molecule has 0 bridgehead atoms. The van der Waals surface area contributed by atoms with Crippen LogP contribution in [0.4, 0.5) is 5.69 Å². The van der Waals surface area contributed by atoms with Gasteiger partial charge in [-0.15, -0.1) is 0 Å². The molecule has 1 N–H and O–H groups in total. The van der Waals surface area contributed by atoms with Gasteiger partial charge in [-0.25, -0.2) is 4.98 Å². The first-order chi connectivity index (χ1) is 17.9. The fraction of sp³-hybridized carbons (Fsp3) is 0.517. The molecule has 0 radical (unpaired) electrons. The van der Waals surface area contributed by atoms with Gasteiger partial charge in [-0.05, 0) is 62.8 Å². The highest BCUT2D eigenvalue weighted by Gasteiger charge is 2.53. The van der Waals surface area contributed by atoms with E-state index >= 15 is 0 Å². The molecule has 3 fully saturated rings. The van der Waals surface area contributed by atoms with Crippen LogP contribution in [0.1, 0.15) is 61.1 Å². The number of likely N-dealkylation sites (tertiary alicyclic amines) is 1. The fourth-order valence-electron chi connectivity index (χ4n) is 6.33. The lowest BCUT2D eigenvalue weighted by Crippen LogP contribution is -2.60. The Labute approximate surface area is 219 Å². The number of hydrogen-bond acceptors (Lipinski definition) is 5. The van der Waals surface area contributed by atoms with Crippen molar-refractivity contribution in [3.05, 3.63) is 59.9 Å². The van der Waals surface area contributed by atoms with Gasteiger partial charge in [0.15, 0.2) is 0 Å². The molecule has 1 aromatic heterocycles. The van der Waals surface area contributed by atoms with Crippen molar-refractivity contribution in [2.75, 3.05) is 31.7 Å². The maximum atomic E-state index is 13.9. The van der Waals surface area contributed by atoms with Crippen LogP contribution in [0.15, 0.2) is 48.5 Å². The van der Waals surface area contributed by atoms with Crippen molar-refractivity contribution in [2.24, 2.45) is 5.92 Å². The van der Waals surface area contributed by atoms with Gasteiger partial charge in [0.05, 0.1) is 6.67 Å². The lowest BCUT2D eigenvalue weighted by molar-refractivity contribution is -0.140. The molecule has 37 heavy (non-hydrogen) atoms. The molecule has 1 unspecified atom stereocenters. The molecule has 1 spiro atoms. The highest BCUT2D eigenvalue weighted by Crippen LogP contribution is 2.39. The third-order valence-electron chi connectivity index (χ3n) is 8.38. The smallest absolute Gasteiger partial charge is 0.270 e. The standard InChI is InChI=1S/C29H37N5O3/c1-21-10-9-15-24(30-21)26(35)31-25(22-11-5-3-6-12-22)27(36)33-18-16-29(17-19-33)28(37)32(2)20-34(29)23-13-7-4-8-14-23/h4,7-10,13-15,22,25H,3,5-6,11-12,16-20H2,1-2H3,(H,31,35). The molecule has 8 heteroatoms. The van der Waals surface area contributed by atoms with E-state index in [1.165, 1.54) is 6.42 Å². The van der Waals surface area contributed by atoms with Gasteiger partial charge in [0.2, 0.25) is 11.8 Å². The molecular weight excluding hydrogens is 466 g/mol. The molecule has 5 rings (SSSR count). The van der Waals surface area contributed by atoms with Crippen molar-refractivity contribution in [3.8, 4) is 0 Å². The number of para-hydroxylation sites is 1. The van der Waals surface area contributed by atoms with E-state index in [1.54, 1.807) is 11.0 Å². The Balaban J connectivity index is 1.33. The Morgan fingerprint density at radius 2 is 1.70 bits per heavy atom. The minimum absolute atomic E-state index is 0.0344. The molecule has 2 aliphatic heterocycles. The Bertz CT molecular complexity index is 1140. The summed E-state index contributed by atoms with van der Waals surface area (Å²) in [6.45, 7) is 3.37. The third kappa shape index (κ3) is 4.93. The predicted octanol–water partition coefficient (Wildman–Crippen LogP) is 3.37. The summed E-state index contributed by atoms with van der Waals surface area (Å²) in [4.78, 5) is 50.6. The van der Waals surface area contributed by atoms with Crippen LogP contribution < -0.4 is 10.2 Å².